The van der Waals surface area contributed by atoms with E-state index in [9.17, 15) is 19.7 Å². The lowest BCUT2D eigenvalue weighted by atomic mass is 10.2. The molecule has 0 heterocycles. The third kappa shape index (κ3) is 4.20. The van der Waals surface area contributed by atoms with Gasteiger partial charge in [0.15, 0.2) is 0 Å². The summed E-state index contributed by atoms with van der Waals surface area (Å²) in [5, 5.41) is 18.5. The Morgan fingerprint density at radius 2 is 1.62 bits per heavy atom. The zero-order valence-electron chi connectivity index (χ0n) is 12.5. The van der Waals surface area contributed by atoms with Crippen molar-refractivity contribution in [2.45, 2.75) is 0 Å². The molecule has 0 bridgehead atoms. The first-order valence-electron chi connectivity index (χ1n) is 6.75. The molecule has 0 saturated carbocycles. The predicted molar refractivity (Wildman–Crippen MR) is 90.6 cm³/mol. The van der Waals surface area contributed by atoms with Gasteiger partial charge in [-0.1, -0.05) is 11.6 Å². The number of nitro groups is 1. The number of carbonyl (C=O) groups excluding carboxylic acids is 2. The number of nitrogens with one attached hydrogen (secondary N) is 3. The Bertz CT molecular complexity index is 793. The maximum Gasteiger partial charge on any atom is 0.318 e. The van der Waals surface area contributed by atoms with Gasteiger partial charge in [0, 0.05) is 30.6 Å². The van der Waals surface area contributed by atoms with Gasteiger partial charge in [-0.05, 0) is 30.3 Å². The first-order chi connectivity index (χ1) is 11.4. The van der Waals surface area contributed by atoms with Crippen LogP contribution in [-0.2, 0) is 0 Å². The van der Waals surface area contributed by atoms with Crippen molar-refractivity contribution >= 4 is 40.6 Å². The second-order valence-corrected chi connectivity index (χ2v) is 5.06. The minimum absolute atomic E-state index is 0.00145. The molecular formula is C15H13ClN4O4. The zero-order valence-corrected chi connectivity index (χ0v) is 13.3. The molecule has 0 unspecified atom stereocenters. The number of hydrogen-bond acceptors (Lipinski definition) is 4. The van der Waals surface area contributed by atoms with Crippen molar-refractivity contribution in [2.75, 3.05) is 17.7 Å². The molecule has 0 atom stereocenters. The minimum atomic E-state index is -0.605. The highest BCUT2D eigenvalue weighted by Gasteiger charge is 2.16. The van der Waals surface area contributed by atoms with Gasteiger partial charge in [-0.2, -0.15) is 0 Å². The Kier molecular flexibility index (Phi) is 5.33. The number of amides is 3. The molecule has 3 N–H and O–H groups in total. The maximum atomic E-state index is 12.2. The molecule has 124 valence electrons. The van der Waals surface area contributed by atoms with Gasteiger partial charge in [-0.3, -0.25) is 14.9 Å². The van der Waals surface area contributed by atoms with Crippen LogP contribution in [0.3, 0.4) is 0 Å². The van der Waals surface area contributed by atoms with Crippen molar-refractivity contribution in [3.05, 3.63) is 63.2 Å². The lowest BCUT2D eigenvalue weighted by molar-refractivity contribution is -0.384. The number of nitro benzene ring substituents is 1. The fraction of sp³-hybridized carbons (Fsp3) is 0.0667. The molecule has 0 aliphatic rings. The van der Waals surface area contributed by atoms with E-state index in [0.29, 0.717) is 11.4 Å². The monoisotopic (exact) mass is 348 g/mol. The summed E-state index contributed by atoms with van der Waals surface area (Å²) in [6.07, 6.45) is 0. The van der Waals surface area contributed by atoms with E-state index in [-0.39, 0.29) is 22.3 Å². The van der Waals surface area contributed by atoms with Crippen LogP contribution in [0.15, 0.2) is 42.5 Å². The summed E-state index contributed by atoms with van der Waals surface area (Å²) >= 11 is 5.92. The summed E-state index contributed by atoms with van der Waals surface area (Å²) in [6, 6.07) is 9.61. The van der Waals surface area contributed by atoms with Crippen molar-refractivity contribution in [3.8, 4) is 0 Å². The fourth-order valence-electron chi connectivity index (χ4n) is 1.83. The van der Waals surface area contributed by atoms with E-state index in [1.807, 2.05) is 0 Å². The van der Waals surface area contributed by atoms with Crippen molar-refractivity contribution in [1.82, 2.24) is 5.32 Å². The summed E-state index contributed by atoms with van der Waals surface area (Å²) in [7, 11) is 1.49. The van der Waals surface area contributed by atoms with Crippen molar-refractivity contribution in [1.29, 1.82) is 0 Å². The lowest BCUT2D eigenvalue weighted by Gasteiger charge is -2.08. The van der Waals surface area contributed by atoms with Crippen LogP contribution in [0.1, 0.15) is 10.4 Å². The first kappa shape index (κ1) is 17.2. The Labute approximate surface area is 142 Å². The summed E-state index contributed by atoms with van der Waals surface area (Å²) < 4.78 is 0. The third-order valence-corrected chi connectivity index (χ3v) is 3.36. The van der Waals surface area contributed by atoms with E-state index in [2.05, 4.69) is 16.0 Å². The number of hydrogen-bond donors (Lipinski definition) is 3. The van der Waals surface area contributed by atoms with E-state index in [4.69, 9.17) is 11.6 Å². The van der Waals surface area contributed by atoms with Crippen LogP contribution in [0.5, 0.6) is 0 Å². The lowest BCUT2D eigenvalue weighted by Crippen LogP contribution is -2.24. The van der Waals surface area contributed by atoms with Gasteiger partial charge >= 0.3 is 6.03 Å². The van der Waals surface area contributed by atoms with Crippen LogP contribution < -0.4 is 16.0 Å². The number of benzene rings is 2. The number of rotatable bonds is 4. The normalized spacial score (nSPS) is 9.92. The molecule has 2 rings (SSSR count). The number of nitrogens with zero attached hydrogens (tertiary/aromatic N) is 1. The quantitative estimate of drug-likeness (QED) is 0.581. The molecular weight excluding hydrogens is 336 g/mol. The van der Waals surface area contributed by atoms with Crippen LogP contribution in [-0.4, -0.2) is 23.9 Å². The second-order valence-electron chi connectivity index (χ2n) is 4.66. The second kappa shape index (κ2) is 7.42. The Morgan fingerprint density at radius 3 is 2.17 bits per heavy atom. The average Bonchev–Trinajstić information content (AvgIpc) is 2.56. The van der Waals surface area contributed by atoms with Gasteiger partial charge in [0.1, 0.15) is 0 Å². The van der Waals surface area contributed by atoms with Gasteiger partial charge in [0.2, 0.25) is 0 Å². The standard InChI is InChI=1S/C15H13ClN4O4/c1-17-15(22)19-10-4-2-9(3-5-10)18-14(21)12-8-11(20(23)24)6-7-13(12)16/h2-8H,1H3,(H,18,21)(H2,17,19,22). The molecule has 8 nitrogen and oxygen atoms in total. The number of anilines is 2. The van der Waals surface area contributed by atoms with Gasteiger partial charge in [-0.15, -0.1) is 0 Å². The summed E-state index contributed by atoms with van der Waals surface area (Å²) in [6.45, 7) is 0. The van der Waals surface area contributed by atoms with E-state index in [0.717, 1.165) is 6.07 Å². The predicted octanol–water partition coefficient (Wildman–Crippen LogP) is 3.25. The highest BCUT2D eigenvalue weighted by Crippen LogP contribution is 2.23. The van der Waals surface area contributed by atoms with Gasteiger partial charge < -0.3 is 16.0 Å². The highest BCUT2D eigenvalue weighted by atomic mass is 35.5. The van der Waals surface area contributed by atoms with Crippen LogP contribution >= 0.6 is 11.6 Å². The molecule has 2 aromatic carbocycles. The molecule has 2 aromatic rings. The molecule has 0 spiro atoms. The summed E-state index contributed by atoms with van der Waals surface area (Å²) in [5.41, 5.74) is 0.763. The van der Waals surface area contributed by atoms with E-state index in [1.165, 1.54) is 19.2 Å². The number of carbonyl (C=O) groups is 2. The van der Waals surface area contributed by atoms with Crippen molar-refractivity contribution in [3.63, 3.8) is 0 Å². The Balaban J connectivity index is 2.13. The van der Waals surface area contributed by atoms with E-state index < -0.39 is 10.8 Å². The van der Waals surface area contributed by atoms with E-state index in [1.54, 1.807) is 24.3 Å². The Morgan fingerprint density at radius 1 is 1.04 bits per heavy atom. The topological polar surface area (TPSA) is 113 Å². The molecule has 0 fully saturated rings. The molecule has 0 radical (unpaired) electrons. The van der Waals surface area contributed by atoms with Crippen LogP contribution in [0.4, 0.5) is 21.9 Å². The number of urea groups is 1. The van der Waals surface area contributed by atoms with Gasteiger partial charge in [0.05, 0.1) is 15.5 Å². The zero-order chi connectivity index (χ0) is 17.7. The third-order valence-electron chi connectivity index (χ3n) is 3.03. The molecule has 24 heavy (non-hydrogen) atoms. The number of non-ortho nitro benzene ring substituents is 1. The summed E-state index contributed by atoms with van der Waals surface area (Å²) in [5.74, 6) is -0.573. The SMILES string of the molecule is CNC(=O)Nc1ccc(NC(=O)c2cc([N+](=O)[O-])ccc2Cl)cc1. The molecule has 0 aliphatic carbocycles. The Hall–Kier alpha value is -3.13. The molecule has 3 amide bonds. The number of halogens is 1. The smallest absolute Gasteiger partial charge is 0.318 e. The van der Waals surface area contributed by atoms with Crippen molar-refractivity contribution in [2.24, 2.45) is 0 Å². The molecule has 9 heteroatoms. The van der Waals surface area contributed by atoms with E-state index >= 15 is 0 Å². The minimum Gasteiger partial charge on any atom is -0.341 e. The molecule has 0 saturated heterocycles. The average molecular weight is 349 g/mol. The largest absolute Gasteiger partial charge is 0.341 e. The summed E-state index contributed by atoms with van der Waals surface area (Å²) in [4.78, 5) is 33.6. The molecule has 0 aliphatic heterocycles. The van der Waals surface area contributed by atoms with Gasteiger partial charge in [0.25, 0.3) is 11.6 Å². The maximum absolute atomic E-state index is 12.2. The first-order valence-corrected chi connectivity index (χ1v) is 7.12. The molecule has 0 aromatic heterocycles. The van der Waals surface area contributed by atoms with Crippen LogP contribution in [0.2, 0.25) is 5.02 Å². The van der Waals surface area contributed by atoms with Crippen molar-refractivity contribution < 1.29 is 14.5 Å². The highest BCUT2D eigenvalue weighted by molar-refractivity contribution is 6.34. The van der Waals surface area contributed by atoms with Gasteiger partial charge in [-0.25, -0.2) is 4.79 Å². The van der Waals surface area contributed by atoms with Crippen LogP contribution in [0, 0.1) is 10.1 Å². The van der Waals surface area contributed by atoms with Crippen LogP contribution in [0.25, 0.3) is 0 Å². The fourth-order valence-corrected chi connectivity index (χ4v) is 2.03.